The zero-order valence-corrected chi connectivity index (χ0v) is 17.6. The van der Waals surface area contributed by atoms with Gasteiger partial charge in [0.15, 0.2) is 5.96 Å². The van der Waals surface area contributed by atoms with Gasteiger partial charge in [-0.1, -0.05) is 0 Å². The first-order chi connectivity index (χ1) is 13.4. The van der Waals surface area contributed by atoms with Crippen LogP contribution in [0.25, 0.3) is 0 Å². The van der Waals surface area contributed by atoms with Gasteiger partial charge in [0.25, 0.3) is 0 Å². The summed E-state index contributed by atoms with van der Waals surface area (Å²) in [6.07, 6.45) is 3.06. The van der Waals surface area contributed by atoms with Crippen molar-refractivity contribution in [2.24, 2.45) is 4.99 Å². The number of halogens is 2. The highest BCUT2D eigenvalue weighted by atomic mass is 19.1. The third-order valence-electron chi connectivity index (χ3n) is 5.19. The highest BCUT2D eigenvalue weighted by Crippen LogP contribution is 2.24. The number of nitrogens with zero attached hydrogens (tertiary/aromatic N) is 3. The zero-order valence-electron chi connectivity index (χ0n) is 17.6. The summed E-state index contributed by atoms with van der Waals surface area (Å²) >= 11 is 0. The molecular formula is C21H35F2N5. The van der Waals surface area contributed by atoms with Crippen LogP contribution in [-0.2, 0) is 0 Å². The zero-order chi connectivity index (χ0) is 20.5. The number of hydrogen-bond donors (Lipinski definition) is 2. The minimum absolute atomic E-state index is 0.189. The molecule has 1 aliphatic heterocycles. The molecule has 0 radical (unpaired) electrons. The number of guanidine groups is 1. The molecule has 1 saturated heterocycles. The van der Waals surface area contributed by atoms with Gasteiger partial charge in [-0.2, -0.15) is 0 Å². The molecule has 0 saturated carbocycles. The van der Waals surface area contributed by atoms with E-state index in [1.54, 1.807) is 0 Å². The lowest BCUT2D eigenvalue weighted by atomic mass is 10.2. The Kier molecular flexibility index (Phi) is 8.96. The van der Waals surface area contributed by atoms with E-state index < -0.39 is 11.6 Å². The van der Waals surface area contributed by atoms with E-state index in [1.807, 2.05) is 11.8 Å². The van der Waals surface area contributed by atoms with Crippen LogP contribution in [0.4, 0.5) is 14.5 Å². The van der Waals surface area contributed by atoms with Gasteiger partial charge in [0.05, 0.1) is 5.69 Å². The molecular weight excluding hydrogens is 360 g/mol. The lowest BCUT2D eigenvalue weighted by molar-refractivity contribution is 0.269. The summed E-state index contributed by atoms with van der Waals surface area (Å²) in [5, 5.41) is 6.74. The molecule has 1 aliphatic rings. The Balaban J connectivity index is 1.81. The molecule has 0 bridgehead atoms. The monoisotopic (exact) mass is 395 g/mol. The Morgan fingerprint density at radius 2 is 2.11 bits per heavy atom. The molecule has 0 spiro atoms. The van der Waals surface area contributed by atoms with Crippen LogP contribution in [0.3, 0.4) is 0 Å². The van der Waals surface area contributed by atoms with E-state index in [9.17, 15) is 8.78 Å². The van der Waals surface area contributed by atoms with E-state index >= 15 is 0 Å². The predicted molar refractivity (Wildman–Crippen MR) is 113 cm³/mol. The van der Waals surface area contributed by atoms with Crippen molar-refractivity contribution in [3.63, 3.8) is 0 Å². The van der Waals surface area contributed by atoms with Crippen molar-refractivity contribution >= 4 is 11.6 Å². The van der Waals surface area contributed by atoms with Gasteiger partial charge in [-0.25, -0.2) is 8.78 Å². The smallest absolute Gasteiger partial charge is 0.191 e. The van der Waals surface area contributed by atoms with Crippen LogP contribution >= 0.6 is 0 Å². The molecule has 2 N–H and O–H groups in total. The highest BCUT2D eigenvalue weighted by Gasteiger charge is 2.25. The standard InChI is InChI=1S/C21H35F2N5/c1-5-24-21(25-11-6-7-12-27(4)16(2)3)26-18-10-13-28(15-18)20-9-8-17(22)14-19(20)23/h8-9,14,16,18H,5-7,10-13,15H2,1-4H3,(H2,24,25,26). The van der Waals surface area contributed by atoms with Crippen molar-refractivity contribution in [1.29, 1.82) is 0 Å². The molecule has 5 nitrogen and oxygen atoms in total. The van der Waals surface area contributed by atoms with E-state index in [1.165, 1.54) is 12.1 Å². The summed E-state index contributed by atoms with van der Waals surface area (Å²) in [5.41, 5.74) is 0.460. The van der Waals surface area contributed by atoms with Crippen molar-refractivity contribution in [2.45, 2.75) is 52.1 Å². The fourth-order valence-electron chi connectivity index (χ4n) is 3.27. The van der Waals surface area contributed by atoms with Gasteiger partial charge in [-0.3, -0.25) is 4.99 Å². The second-order valence-corrected chi connectivity index (χ2v) is 7.71. The molecule has 1 aromatic rings. The SMILES string of the molecule is CCNC(=NCCCCN(C)C(C)C)NC1CCN(c2ccc(F)cc2F)C1. The Hall–Kier alpha value is -1.89. The van der Waals surface area contributed by atoms with Gasteiger partial charge in [0.1, 0.15) is 11.6 Å². The summed E-state index contributed by atoms with van der Waals surface area (Å²) in [5.74, 6) is -0.241. The molecule has 1 unspecified atom stereocenters. The third kappa shape index (κ3) is 6.93. The molecule has 1 aromatic carbocycles. The van der Waals surface area contributed by atoms with E-state index in [2.05, 4.69) is 41.4 Å². The summed E-state index contributed by atoms with van der Waals surface area (Å²) in [4.78, 5) is 8.98. The van der Waals surface area contributed by atoms with Crippen LogP contribution in [0.15, 0.2) is 23.2 Å². The Bertz CT molecular complexity index is 635. The van der Waals surface area contributed by atoms with Crippen molar-refractivity contribution < 1.29 is 8.78 Å². The predicted octanol–water partition coefficient (Wildman–Crippen LogP) is 3.22. The van der Waals surface area contributed by atoms with Crippen molar-refractivity contribution in [1.82, 2.24) is 15.5 Å². The molecule has 1 fully saturated rings. The Morgan fingerprint density at radius 3 is 2.79 bits per heavy atom. The van der Waals surface area contributed by atoms with E-state index in [4.69, 9.17) is 0 Å². The van der Waals surface area contributed by atoms with Crippen LogP contribution in [0.5, 0.6) is 0 Å². The fourth-order valence-corrected chi connectivity index (χ4v) is 3.27. The maximum atomic E-state index is 14.0. The molecule has 1 heterocycles. The first-order valence-corrected chi connectivity index (χ1v) is 10.4. The van der Waals surface area contributed by atoms with Gasteiger partial charge in [0, 0.05) is 44.3 Å². The third-order valence-corrected chi connectivity index (χ3v) is 5.19. The number of rotatable bonds is 9. The maximum absolute atomic E-state index is 14.0. The normalized spacial score (nSPS) is 17.6. The van der Waals surface area contributed by atoms with Crippen LogP contribution in [0, 0.1) is 11.6 Å². The van der Waals surface area contributed by atoms with Crippen molar-refractivity contribution in [3.8, 4) is 0 Å². The average Bonchev–Trinajstić information content (AvgIpc) is 3.09. The Labute approximate surface area is 168 Å². The average molecular weight is 396 g/mol. The second-order valence-electron chi connectivity index (χ2n) is 7.71. The van der Waals surface area contributed by atoms with Crippen LogP contribution < -0.4 is 15.5 Å². The number of benzene rings is 1. The molecule has 0 amide bonds. The van der Waals surface area contributed by atoms with Crippen molar-refractivity contribution in [2.75, 3.05) is 44.7 Å². The van der Waals surface area contributed by atoms with Crippen LogP contribution in [0.2, 0.25) is 0 Å². The van der Waals surface area contributed by atoms with E-state index in [0.29, 0.717) is 18.3 Å². The van der Waals surface area contributed by atoms with Crippen LogP contribution in [-0.4, -0.2) is 62.7 Å². The highest BCUT2D eigenvalue weighted by molar-refractivity contribution is 5.80. The second kappa shape index (κ2) is 11.2. The molecule has 0 aliphatic carbocycles. The number of nitrogens with one attached hydrogen (secondary N) is 2. The maximum Gasteiger partial charge on any atom is 0.191 e. The number of anilines is 1. The van der Waals surface area contributed by atoms with Gasteiger partial charge in [-0.15, -0.1) is 0 Å². The number of hydrogen-bond acceptors (Lipinski definition) is 3. The quantitative estimate of drug-likeness (QED) is 0.383. The van der Waals surface area contributed by atoms with Gasteiger partial charge >= 0.3 is 0 Å². The van der Waals surface area contributed by atoms with Crippen LogP contribution in [0.1, 0.15) is 40.0 Å². The summed E-state index contributed by atoms with van der Waals surface area (Å²) in [6.45, 7) is 10.5. The minimum atomic E-state index is -0.545. The summed E-state index contributed by atoms with van der Waals surface area (Å²) in [6, 6.07) is 4.52. The molecule has 1 atom stereocenters. The fraction of sp³-hybridized carbons (Fsp3) is 0.667. The Morgan fingerprint density at radius 1 is 1.32 bits per heavy atom. The minimum Gasteiger partial charge on any atom is -0.367 e. The molecule has 158 valence electrons. The first kappa shape index (κ1) is 22.4. The molecule has 28 heavy (non-hydrogen) atoms. The molecule has 7 heteroatoms. The van der Waals surface area contributed by atoms with Gasteiger partial charge in [-0.05, 0) is 65.8 Å². The lowest BCUT2D eigenvalue weighted by Gasteiger charge is -2.21. The summed E-state index contributed by atoms with van der Waals surface area (Å²) in [7, 11) is 2.15. The van der Waals surface area contributed by atoms with Gasteiger partial charge in [0.2, 0.25) is 0 Å². The van der Waals surface area contributed by atoms with E-state index in [0.717, 1.165) is 57.5 Å². The lowest BCUT2D eigenvalue weighted by Crippen LogP contribution is -2.44. The van der Waals surface area contributed by atoms with Gasteiger partial charge < -0.3 is 20.4 Å². The topological polar surface area (TPSA) is 42.9 Å². The van der Waals surface area contributed by atoms with E-state index in [-0.39, 0.29) is 6.04 Å². The van der Waals surface area contributed by atoms with Crippen molar-refractivity contribution in [3.05, 3.63) is 29.8 Å². The summed E-state index contributed by atoms with van der Waals surface area (Å²) < 4.78 is 27.1. The molecule has 2 rings (SSSR count). The molecule has 0 aromatic heterocycles. The first-order valence-electron chi connectivity index (χ1n) is 10.4. The number of unbranched alkanes of at least 4 members (excludes halogenated alkanes) is 1. The largest absolute Gasteiger partial charge is 0.367 e. The number of aliphatic imine (C=N–C) groups is 1.